The van der Waals surface area contributed by atoms with Crippen molar-refractivity contribution in [3.63, 3.8) is 0 Å². The van der Waals surface area contributed by atoms with E-state index in [1.165, 1.54) is 11.1 Å². The van der Waals surface area contributed by atoms with Gasteiger partial charge in [-0.3, -0.25) is 0 Å². The zero-order valence-corrected chi connectivity index (χ0v) is 12.7. The van der Waals surface area contributed by atoms with Gasteiger partial charge in [0.2, 0.25) is 0 Å². The summed E-state index contributed by atoms with van der Waals surface area (Å²) >= 11 is 0. The zero-order valence-electron chi connectivity index (χ0n) is 12.7. The van der Waals surface area contributed by atoms with Crippen LogP contribution in [0.25, 0.3) is 6.08 Å². The molecule has 1 aromatic carbocycles. The second kappa shape index (κ2) is 11.5. The molecule has 0 aliphatic heterocycles. The van der Waals surface area contributed by atoms with Gasteiger partial charge in [0.25, 0.3) is 0 Å². The molecule has 0 aliphatic rings. The van der Waals surface area contributed by atoms with Gasteiger partial charge in [0.05, 0.1) is 6.61 Å². The van der Waals surface area contributed by atoms with Crippen molar-refractivity contribution in [3.8, 4) is 0 Å². The Kier molecular flexibility index (Phi) is 10.2. The van der Waals surface area contributed by atoms with Crippen LogP contribution in [0.4, 0.5) is 0 Å². The highest BCUT2D eigenvalue weighted by molar-refractivity contribution is 5.90. The fraction of sp³-hybridized carbons (Fsp3) is 0.294. The van der Waals surface area contributed by atoms with Crippen LogP contribution >= 0.6 is 0 Å². The number of allylic oxidation sites excluding steroid dienone is 1. The largest absolute Gasteiger partial charge is 0.478 e. The lowest BCUT2D eigenvalue weighted by Gasteiger charge is -1.95. The molecule has 0 aliphatic carbocycles. The Labute approximate surface area is 125 Å². The van der Waals surface area contributed by atoms with Crippen molar-refractivity contribution >= 4 is 18.0 Å². The van der Waals surface area contributed by atoms with Crippen molar-refractivity contribution in [1.29, 1.82) is 0 Å². The minimum atomic E-state index is -1.15. The maximum atomic E-state index is 10.5. The monoisotopic (exact) mass is 290 g/mol. The molecular weight excluding hydrogens is 268 g/mol. The third-order valence-electron chi connectivity index (χ3n) is 2.07. The molecule has 0 radical (unpaired) electrons. The number of benzene rings is 1. The van der Waals surface area contributed by atoms with Gasteiger partial charge < -0.3 is 9.84 Å². The minimum Gasteiger partial charge on any atom is -0.478 e. The fourth-order valence-corrected chi connectivity index (χ4v) is 1.27. The summed E-state index contributed by atoms with van der Waals surface area (Å²) in [6.45, 7) is 6.39. The topological polar surface area (TPSA) is 63.6 Å². The summed E-state index contributed by atoms with van der Waals surface area (Å²) in [5.41, 5.74) is 2.62. The van der Waals surface area contributed by atoms with Crippen LogP contribution in [0, 0.1) is 0 Å². The maximum absolute atomic E-state index is 10.5. The Hall–Kier alpha value is -2.36. The van der Waals surface area contributed by atoms with Crippen molar-refractivity contribution in [2.75, 3.05) is 6.61 Å². The van der Waals surface area contributed by atoms with E-state index in [4.69, 9.17) is 5.11 Å². The molecule has 114 valence electrons. The standard InChI is InChI=1S/C10H12.C7H10O4/c1-9(2)8-10-6-4-3-5-7-10;1-2-5-11-7(10)4-3-6(8)9/h3-8H,1-2H3;3-4H,2,5H2,1H3,(H,8,9)/b;4-3-. The smallest absolute Gasteiger partial charge is 0.331 e. The number of ether oxygens (including phenoxy) is 1. The molecule has 4 nitrogen and oxygen atoms in total. The molecule has 0 heterocycles. The number of hydrogen-bond acceptors (Lipinski definition) is 3. The van der Waals surface area contributed by atoms with Crippen LogP contribution in [0.5, 0.6) is 0 Å². The maximum Gasteiger partial charge on any atom is 0.331 e. The van der Waals surface area contributed by atoms with Crippen LogP contribution in [-0.2, 0) is 14.3 Å². The van der Waals surface area contributed by atoms with E-state index in [-0.39, 0.29) is 0 Å². The molecule has 21 heavy (non-hydrogen) atoms. The zero-order chi connectivity index (χ0) is 16.1. The normalized spacial score (nSPS) is 9.48. The number of carboxylic acids is 1. The first-order valence-corrected chi connectivity index (χ1v) is 6.73. The van der Waals surface area contributed by atoms with Gasteiger partial charge in [-0.1, -0.05) is 48.9 Å². The van der Waals surface area contributed by atoms with E-state index in [9.17, 15) is 9.59 Å². The lowest BCUT2D eigenvalue weighted by molar-refractivity contribution is -0.138. The Morgan fingerprint density at radius 3 is 2.24 bits per heavy atom. The minimum absolute atomic E-state index is 0.322. The lowest BCUT2D eigenvalue weighted by Crippen LogP contribution is -2.02. The summed E-state index contributed by atoms with van der Waals surface area (Å²) in [5.74, 6) is -1.77. The van der Waals surface area contributed by atoms with E-state index >= 15 is 0 Å². The van der Waals surface area contributed by atoms with Gasteiger partial charge in [0.1, 0.15) is 0 Å². The lowest BCUT2D eigenvalue weighted by atomic mass is 10.2. The second-order valence-electron chi connectivity index (χ2n) is 4.47. The number of rotatable bonds is 5. The second-order valence-corrected chi connectivity index (χ2v) is 4.47. The van der Waals surface area contributed by atoms with E-state index in [2.05, 4.69) is 48.9 Å². The fourth-order valence-electron chi connectivity index (χ4n) is 1.27. The molecule has 0 fully saturated rings. The molecule has 0 saturated carbocycles. The van der Waals surface area contributed by atoms with E-state index in [0.29, 0.717) is 6.61 Å². The average Bonchev–Trinajstić information content (AvgIpc) is 2.44. The molecule has 0 atom stereocenters. The van der Waals surface area contributed by atoms with Gasteiger partial charge in [-0.2, -0.15) is 0 Å². The Balaban J connectivity index is 0.000000382. The van der Waals surface area contributed by atoms with Crippen LogP contribution < -0.4 is 0 Å². The first-order valence-electron chi connectivity index (χ1n) is 6.73. The summed E-state index contributed by atoms with van der Waals surface area (Å²) < 4.78 is 4.55. The molecule has 0 bridgehead atoms. The van der Waals surface area contributed by atoms with Crippen molar-refractivity contribution in [2.24, 2.45) is 0 Å². The number of carboxylic acid groups (broad SMARTS) is 1. The number of carbonyl (C=O) groups excluding carboxylic acids is 1. The third-order valence-corrected chi connectivity index (χ3v) is 2.07. The van der Waals surface area contributed by atoms with Crippen molar-refractivity contribution in [2.45, 2.75) is 27.2 Å². The Bertz CT molecular complexity index is 483. The molecular formula is C17H22O4. The summed E-state index contributed by atoms with van der Waals surface area (Å²) in [6.07, 6.45) is 4.53. The summed E-state index contributed by atoms with van der Waals surface area (Å²) in [4.78, 5) is 20.4. The molecule has 1 aromatic rings. The first kappa shape index (κ1) is 18.6. The number of aliphatic carboxylic acids is 1. The molecule has 0 amide bonds. The predicted molar refractivity (Wildman–Crippen MR) is 83.8 cm³/mol. The van der Waals surface area contributed by atoms with Crippen LogP contribution in [-0.4, -0.2) is 23.7 Å². The van der Waals surface area contributed by atoms with Crippen molar-refractivity contribution in [1.82, 2.24) is 0 Å². The molecule has 4 heteroatoms. The Morgan fingerprint density at radius 1 is 1.14 bits per heavy atom. The van der Waals surface area contributed by atoms with E-state index in [0.717, 1.165) is 18.6 Å². The average molecular weight is 290 g/mol. The van der Waals surface area contributed by atoms with Gasteiger partial charge in [-0.25, -0.2) is 9.59 Å². The number of esters is 1. The number of carbonyl (C=O) groups is 2. The summed E-state index contributed by atoms with van der Waals surface area (Å²) in [6, 6.07) is 10.3. The third kappa shape index (κ3) is 12.4. The van der Waals surface area contributed by atoms with Crippen LogP contribution in [0.3, 0.4) is 0 Å². The molecule has 0 unspecified atom stereocenters. The summed E-state index contributed by atoms with van der Waals surface area (Å²) in [7, 11) is 0. The van der Waals surface area contributed by atoms with Gasteiger partial charge in [-0.15, -0.1) is 0 Å². The van der Waals surface area contributed by atoms with E-state index in [1.807, 2.05) is 13.0 Å². The summed E-state index contributed by atoms with van der Waals surface area (Å²) in [5, 5.41) is 8.09. The van der Waals surface area contributed by atoms with Gasteiger partial charge >= 0.3 is 11.9 Å². The van der Waals surface area contributed by atoms with E-state index < -0.39 is 11.9 Å². The SMILES string of the molecule is CC(C)=Cc1ccccc1.CCCOC(=O)/C=C\C(=O)O. The molecule has 1 rings (SSSR count). The number of hydrogen-bond donors (Lipinski definition) is 1. The Morgan fingerprint density at radius 2 is 1.76 bits per heavy atom. The van der Waals surface area contributed by atoms with Crippen LogP contribution in [0.2, 0.25) is 0 Å². The quantitative estimate of drug-likeness (QED) is 0.663. The molecule has 0 saturated heterocycles. The van der Waals surface area contributed by atoms with Crippen LogP contribution in [0.1, 0.15) is 32.8 Å². The highest BCUT2D eigenvalue weighted by atomic mass is 16.5. The molecule has 0 spiro atoms. The molecule has 1 N–H and O–H groups in total. The van der Waals surface area contributed by atoms with Gasteiger partial charge in [0.15, 0.2) is 0 Å². The van der Waals surface area contributed by atoms with Gasteiger partial charge in [-0.05, 0) is 25.8 Å². The first-order chi connectivity index (χ1) is 9.95. The molecule has 0 aromatic heterocycles. The van der Waals surface area contributed by atoms with Gasteiger partial charge in [0, 0.05) is 12.2 Å². The van der Waals surface area contributed by atoms with Crippen molar-refractivity contribution < 1.29 is 19.4 Å². The van der Waals surface area contributed by atoms with Crippen molar-refractivity contribution in [3.05, 3.63) is 53.6 Å². The predicted octanol–water partition coefficient (Wildman–Crippen LogP) is 3.69. The highest BCUT2D eigenvalue weighted by Gasteiger charge is 1.95. The highest BCUT2D eigenvalue weighted by Crippen LogP contribution is 2.04. The van der Waals surface area contributed by atoms with Crippen LogP contribution in [0.15, 0.2) is 48.1 Å². The van der Waals surface area contributed by atoms with E-state index in [1.54, 1.807) is 0 Å².